The number of nitrogens with zero attached hydrogens (tertiary/aromatic N) is 5. The highest BCUT2D eigenvalue weighted by atomic mass is 32.1. The molecule has 0 radical (unpaired) electrons. The molecular weight excluding hydrogens is 966 g/mol. The van der Waals surface area contributed by atoms with Gasteiger partial charge in [-0.2, -0.15) is 8.78 Å². The van der Waals surface area contributed by atoms with E-state index < -0.39 is 98.6 Å². The Hall–Kier alpha value is -6.23. The molecule has 4 aliphatic heterocycles. The van der Waals surface area contributed by atoms with Gasteiger partial charge in [0.05, 0.1) is 19.1 Å². The molecule has 2 aromatic carbocycles. The number of esters is 2. The third kappa shape index (κ3) is 10.7. The number of fused-ring (bicyclic) bond motifs is 2. The number of likely N-dealkylation sites (N-methyl/N-ethyl adjacent to an activating group) is 1. The molecule has 7 rings (SSSR count). The summed E-state index contributed by atoms with van der Waals surface area (Å²) in [6.45, 7) is -1.22. The lowest BCUT2D eigenvalue weighted by Crippen LogP contribution is -2.61. The molecule has 0 saturated carbocycles. The van der Waals surface area contributed by atoms with Gasteiger partial charge in [0.25, 0.3) is 5.91 Å². The van der Waals surface area contributed by atoms with Crippen molar-refractivity contribution in [3.05, 3.63) is 65.0 Å². The van der Waals surface area contributed by atoms with Gasteiger partial charge in [-0.25, -0.2) is 19.2 Å². The average Bonchev–Trinajstić information content (AvgIpc) is 4.20. The van der Waals surface area contributed by atoms with E-state index in [1.54, 1.807) is 31.3 Å². The van der Waals surface area contributed by atoms with Gasteiger partial charge in [-0.1, -0.05) is 24.3 Å². The number of carbonyl (C=O) groups is 8. The Kier molecular flexibility index (Phi) is 16.1. The highest BCUT2D eigenvalue weighted by molar-refractivity contribution is 7.54. The lowest BCUT2D eigenvalue weighted by Gasteiger charge is -2.39. The summed E-state index contributed by atoms with van der Waals surface area (Å²) in [7, 11) is -2.01. The Morgan fingerprint density at radius 1 is 0.800 bits per heavy atom. The number of methoxy groups -OCH3 is 2. The van der Waals surface area contributed by atoms with Crippen LogP contribution in [-0.2, 0) is 62.2 Å². The van der Waals surface area contributed by atoms with E-state index in [2.05, 4.69) is 5.32 Å². The number of amides is 6. The van der Waals surface area contributed by atoms with Gasteiger partial charge in [0.15, 0.2) is 0 Å². The molecule has 0 aliphatic carbocycles. The van der Waals surface area contributed by atoms with Gasteiger partial charge in [-0.05, 0) is 80.7 Å². The van der Waals surface area contributed by atoms with E-state index in [4.69, 9.17) is 28.0 Å². The summed E-state index contributed by atoms with van der Waals surface area (Å²) in [5.41, 5.74) is -4.89. The number of nitrogens with one attached hydrogen (secondary N) is 1. The first-order chi connectivity index (χ1) is 33.4. The SMILES string of the molecule is COC(=O)[C@@H]1CCCN1C(=O)OCOP(=O)(OCOC(=O)N1CCC[C@H]1C(=O)OC)C(F)(F)c1ccc2sc(C(=O)N[C@H]3CN(C(C)=O)CC[C@H]4CC[C@@H](C(=O)N(C)c5ccccc5)N4C3=O)cc2c1. The standard InChI is InChI=1S/C45H53F2N6O15PS/c1-27(54)50-21-18-31-15-16-33(40(57)49(2)30-10-6-5-7-11-30)53(31)39(56)32(24-50)48-38(55)37-23-28-22-29(14-17-36(28)70-37)45(46,47)69(62,67-25-65-43(60)51-19-8-12-34(51)41(58)63-3)68-26-66-44(61)52-20-9-13-35(52)42(59)64-4/h5-7,10-11,14,17,22-23,31-35H,8-9,12-13,15-16,18-21,24-26H2,1-4H3,(H,48,55)/t31-,32+,33+,34+,35+/m1/s1. The Morgan fingerprint density at radius 3 is 1.97 bits per heavy atom. The van der Waals surface area contributed by atoms with Crippen molar-refractivity contribution in [1.82, 2.24) is 24.9 Å². The van der Waals surface area contributed by atoms with Crippen LogP contribution in [0.2, 0.25) is 0 Å². The lowest BCUT2D eigenvalue weighted by molar-refractivity contribution is -0.146. The van der Waals surface area contributed by atoms with Crippen LogP contribution in [0.4, 0.5) is 24.1 Å². The molecule has 21 nitrogen and oxygen atoms in total. The molecule has 5 heterocycles. The third-order valence-electron chi connectivity index (χ3n) is 12.9. The largest absolute Gasteiger partial charge is 0.467 e. The zero-order valence-electron chi connectivity index (χ0n) is 38.7. The molecule has 70 heavy (non-hydrogen) atoms. The van der Waals surface area contributed by atoms with Crippen LogP contribution in [0.5, 0.6) is 0 Å². The molecule has 0 bridgehead atoms. The number of benzene rings is 2. The number of rotatable bonds is 14. The summed E-state index contributed by atoms with van der Waals surface area (Å²) < 4.78 is 77.6. The number of likely N-dealkylation sites (tertiary alicyclic amines) is 2. The second kappa shape index (κ2) is 21.8. The highest BCUT2D eigenvalue weighted by Crippen LogP contribution is 2.67. The Balaban J connectivity index is 1.10. The molecule has 4 fully saturated rings. The number of hydrogen-bond acceptors (Lipinski definition) is 16. The van der Waals surface area contributed by atoms with Crippen molar-refractivity contribution in [3.63, 3.8) is 0 Å². The van der Waals surface area contributed by atoms with Gasteiger partial charge in [0, 0.05) is 62.1 Å². The molecule has 6 amide bonds. The predicted octanol–water partition coefficient (Wildman–Crippen LogP) is 5.01. The van der Waals surface area contributed by atoms with Crippen LogP contribution >= 0.6 is 18.9 Å². The fourth-order valence-corrected chi connectivity index (χ4v) is 11.3. The Morgan fingerprint density at radius 2 is 1.40 bits per heavy atom. The van der Waals surface area contributed by atoms with Crippen LogP contribution < -0.4 is 10.2 Å². The zero-order valence-corrected chi connectivity index (χ0v) is 40.5. The summed E-state index contributed by atoms with van der Waals surface area (Å²) in [5, 5.41) is 2.78. The van der Waals surface area contributed by atoms with E-state index >= 15 is 8.78 Å². The minimum absolute atomic E-state index is 0.0250. The van der Waals surface area contributed by atoms with Crippen molar-refractivity contribution in [2.75, 3.05) is 65.9 Å². The Labute approximate surface area is 404 Å². The van der Waals surface area contributed by atoms with Gasteiger partial charge in [0.1, 0.15) is 24.2 Å². The molecule has 1 N–H and O–H groups in total. The van der Waals surface area contributed by atoms with Crippen LogP contribution in [0, 0.1) is 0 Å². The third-order valence-corrected chi connectivity index (χ3v) is 15.8. The molecule has 1 aromatic heterocycles. The van der Waals surface area contributed by atoms with Crippen molar-refractivity contribution in [2.24, 2.45) is 0 Å². The minimum Gasteiger partial charge on any atom is -0.467 e. The molecular formula is C45H53F2N6O15PS. The first kappa shape index (κ1) is 51.6. The van der Waals surface area contributed by atoms with Gasteiger partial charge >= 0.3 is 37.4 Å². The van der Waals surface area contributed by atoms with Gasteiger partial charge in [-0.3, -0.25) is 42.6 Å². The van der Waals surface area contributed by atoms with Crippen molar-refractivity contribution < 1.29 is 79.7 Å². The van der Waals surface area contributed by atoms with Crippen molar-refractivity contribution in [2.45, 2.75) is 87.7 Å². The number of hydrogen-bond donors (Lipinski definition) is 1. The van der Waals surface area contributed by atoms with Crippen molar-refractivity contribution >= 4 is 82.5 Å². The summed E-state index contributed by atoms with van der Waals surface area (Å²) in [6, 6.07) is 8.64. The number of alkyl halides is 2. The molecule has 5 atom stereocenters. The van der Waals surface area contributed by atoms with Crippen LogP contribution in [-0.4, -0.2) is 159 Å². The number of halogens is 2. The fraction of sp³-hybridized carbons (Fsp3) is 0.511. The summed E-state index contributed by atoms with van der Waals surface area (Å²) >= 11 is 0.886. The molecule has 4 aliphatic rings. The smallest absolute Gasteiger partial charge is 0.412 e. The van der Waals surface area contributed by atoms with E-state index in [1.807, 2.05) is 6.07 Å². The average molecular weight is 1020 g/mol. The van der Waals surface area contributed by atoms with Crippen LogP contribution in [0.1, 0.15) is 67.1 Å². The maximum atomic E-state index is 16.7. The van der Waals surface area contributed by atoms with E-state index in [-0.39, 0.29) is 61.1 Å². The van der Waals surface area contributed by atoms with E-state index in [0.717, 1.165) is 47.5 Å². The summed E-state index contributed by atoms with van der Waals surface area (Å²) in [5.74, 6) is -3.47. The topological polar surface area (TPSA) is 237 Å². The van der Waals surface area contributed by atoms with Crippen LogP contribution in [0.3, 0.4) is 0 Å². The van der Waals surface area contributed by atoms with Gasteiger partial charge in [0.2, 0.25) is 31.3 Å². The van der Waals surface area contributed by atoms with Gasteiger partial charge < -0.3 is 39.0 Å². The number of thiophene rings is 1. The van der Waals surface area contributed by atoms with E-state index in [9.17, 15) is 42.9 Å². The maximum Gasteiger partial charge on any atom is 0.412 e. The Bertz CT molecular complexity index is 2500. The molecule has 0 unspecified atom stereocenters. The number of anilines is 1. The zero-order chi connectivity index (χ0) is 50.5. The molecule has 378 valence electrons. The first-order valence-corrected chi connectivity index (χ1v) is 24.8. The van der Waals surface area contributed by atoms with Crippen molar-refractivity contribution in [3.8, 4) is 0 Å². The van der Waals surface area contributed by atoms with E-state index in [1.165, 1.54) is 33.8 Å². The summed E-state index contributed by atoms with van der Waals surface area (Å²) in [4.78, 5) is 112. The fourth-order valence-electron chi connectivity index (χ4n) is 9.13. The number of carbonyl (C=O) groups excluding carboxylic acids is 8. The van der Waals surface area contributed by atoms with Crippen molar-refractivity contribution in [1.29, 1.82) is 0 Å². The van der Waals surface area contributed by atoms with Gasteiger partial charge in [-0.15, -0.1) is 11.3 Å². The highest BCUT2D eigenvalue weighted by Gasteiger charge is 2.56. The molecule has 25 heteroatoms. The predicted molar refractivity (Wildman–Crippen MR) is 243 cm³/mol. The van der Waals surface area contributed by atoms with E-state index in [0.29, 0.717) is 42.5 Å². The monoisotopic (exact) mass is 1020 g/mol. The van der Waals surface area contributed by atoms with Crippen LogP contribution in [0.25, 0.3) is 10.1 Å². The van der Waals surface area contributed by atoms with Crippen LogP contribution in [0.15, 0.2) is 54.6 Å². The minimum atomic E-state index is -5.87. The number of para-hydroxylation sites is 1. The first-order valence-electron chi connectivity index (χ1n) is 22.4. The second-order valence-corrected chi connectivity index (χ2v) is 20.1. The summed E-state index contributed by atoms with van der Waals surface area (Å²) in [6.07, 6.45) is 0.215. The maximum absolute atomic E-state index is 16.7. The molecule has 0 spiro atoms. The second-order valence-electron chi connectivity index (χ2n) is 17.0. The lowest BCUT2D eigenvalue weighted by atomic mass is 10.1. The number of ether oxygens (including phenoxy) is 4. The normalized spacial score (nSPS) is 21.7. The molecule has 3 aromatic rings. The quantitative estimate of drug-likeness (QED) is 0.0967. The molecule has 4 saturated heterocycles.